The van der Waals surface area contributed by atoms with Crippen molar-refractivity contribution in [2.75, 3.05) is 18.9 Å². The molecule has 1 saturated heterocycles. The van der Waals surface area contributed by atoms with E-state index in [-0.39, 0.29) is 17.8 Å². The molecule has 2 atom stereocenters. The van der Waals surface area contributed by atoms with Crippen LogP contribution < -0.4 is 5.32 Å². The highest BCUT2D eigenvalue weighted by Crippen LogP contribution is 2.37. The summed E-state index contributed by atoms with van der Waals surface area (Å²) in [7, 11) is 1.43. The summed E-state index contributed by atoms with van der Waals surface area (Å²) in [5, 5.41) is 2.22. The van der Waals surface area contributed by atoms with E-state index < -0.39 is 47.0 Å². The average Bonchev–Trinajstić information content (AvgIpc) is 2.92. The topological polar surface area (TPSA) is 49.4 Å². The quantitative estimate of drug-likeness (QED) is 0.632. The lowest BCUT2D eigenvalue weighted by molar-refractivity contribution is -0.137. The van der Waals surface area contributed by atoms with Crippen LogP contribution in [0, 0.1) is 17.6 Å². The van der Waals surface area contributed by atoms with Crippen molar-refractivity contribution in [3.05, 3.63) is 65.2 Å². The minimum absolute atomic E-state index is 0.0319. The predicted octanol–water partition coefficient (Wildman–Crippen LogP) is 3.79. The molecule has 0 bridgehead atoms. The number of hydrogen-bond acceptors (Lipinski definition) is 2. The van der Waals surface area contributed by atoms with Gasteiger partial charge in [-0.15, -0.1) is 0 Å². The van der Waals surface area contributed by atoms with E-state index in [9.17, 15) is 31.5 Å². The number of nitrogens with one attached hydrogen (secondary N) is 1. The second kappa shape index (κ2) is 7.21. The van der Waals surface area contributed by atoms with E-state index in [0.29, 0.717) is 6.07 Å². The number of halogens is 5. The number of alkyl halides is 3. The number of carbonyl (C=O) groups is 2. The van der Waals surface area contributed by atoms with Crippen molar-refractivity contribution in [2.24, 2.45) is 5.92 Å². The van der Waals surface area contributed by atoms with Crippen LogP contribution in [0.3, 0.4) is 0 Å². The Morgan fingerprint density at radius 3 is 2.50 bits per heavy atom. The van der Waals surface area contributed by atoms with Gasteiger partial charge in [0, 0.05) is 25.6 Å². The third-order valence-corrected chi connectivity index (χ3v) is 4.63. The standard InChI is InChI=1S/C19H15F5N2O2/c1-26-9-13(10-3-2-4-11(7-10)19(22,23)24)16(18(26)28)17(27)25-15-6-5-12(20)8-14(15)21/h2-8,13,16H,9H2,1H3,(H,25,27)/t13-,16+/m1/s1. The van der Waals surface area contributed by atoms with Crippen LogP contribution in [-0.4, -0.2) is 30.3 Å². The summed E-state index contributed by atoms with van der Waals surface area (Å²) in [5.41, 5.74) is -1.04. The highest BCUT2D eigenvalue weighted by Gasteiger charge is 2.45. The Bertz CT molecular complexity index is 929. The first-order valence-electron chi connectivity index (χ1n) is 8.26. The molecule has 1 N–H and O–H groups in total. The zero-order chi connectivity index (χ0) is 20.6. The van der Waals surface area contributed by atoms with Crippen molar-refractivity contribution in [1.29, 1.82) is 0 Å². The molecule has 9 heteroatoms. The first-order chi connectivity index (χ1) is 13.1. The predicted molar refractivity (Wildman–Crippen MR) is 90.3 cm³/mol. The molecule has 1 fully saturated rings. The average molecular weight is 398 g/mol. The van der Waals surface area contributed by atoms with Crippen LogP contribution in [0.2, 0.25) is 0 Å². The van der Waals surface area contributed by atoms with E-state index in [1.807, 2.05) is 0 Å². The highest BCUT2D eigenvalue weighted by atomic mass is 19.4. The Kier molecular flexibility index (Phi) is 5.10. The van der Waals surface area contributed by atoms with E-state index in [2.05, 4.69) is 5.32 Å². The third kappa shape index (κ3) is 3.83. The molecule has 148 valence electrons. The molecule has 28 heavy (non-hydrogen) atoms. The number of rotatable bonds is 3. The van der Waals surface area contributed by atoms with E-state index >= 15 is 0 Å². The number of carbonyl (C=O) groups excluding carboxylic acids is 2. The van der Waals surface area contributed by atoms with Gasteiger partial charge in [0.15, 0.2) is 0 Å². The summed E-state index contributed by atoms with van der Waals surface area (Å²) in [6.45, 7) is 0.0319. The van der Waals surface area contributed by atoms with Gasteiger partial charge in [-0.05, 0) is 23.8 Å². The number of hydrogen-bond donors (Lipinski definition) is 1. The smallest absolute Gasteiger partial charge is 0.344 e. The van der Waals surface area contributed by atoms with Gasteiger partial charge in [0.05, 0.1) is 11.3 Å². The molecule has 0 aromatic heterocycles. The maximum absolute atomic E-state index is 13.8. The number of nitrogens with zero attached hydrogens (tertiary/aromatic N) is 1. The fourth-order valence-electron chi connectivity index (χ4n) is 3.24. The lowest BCUT2D eigenvalue weighted by atomic mass is 9.87. The summed E-state index contributed by atoms with van der Waals surface area (Å²) in [5.74, 6) is -5.51. The molecule has 2 amide bonds. The van der Waals surface area contributed by atoms with Gasteiger partial charge in [0.1, 0.15) is 17.6 Å². The van der Waals surface area contributed by atoms with Gasteiger partial charge in [-0.1, -0.05) is 18.2 Å². The van der Waals surface area contributed by atoms with Gasteiger partial charge < -0.3 is 10.2 Å². The molecule has 1 aliphatic rings. The van der Waals surface area contributed by atoms with Crippen molar-refractivity contribution in [2.45, 2.75) is 12.1 Å². The van der Waals surface area contributed by atoms with Gasteiger partial charge in [-0.3, -0.25) is 9.59 Å². The van der Waals surface area contributed by atoms with Gasteiger partial charge in [0.25, 0.3) is 0 Å². The first kappa shape index (κ1) is 19.8. The second-order valence-electron chi connectivity index (χ2n) is 6.54. The minimum Gasteiger partial charge on any atom is -0.344 e. The third-order valence-electron chi connectivity index (χ3n) is 4.63. The molecule has 0 saturated carbocycles. The van der Waals surface area contributed by atoms with Crippen molar-refractivity contribution in [1.82, 2.24) is 4.90 Å². The largest absolute Gasteiger partial charge is 0.416 e. The maximum atomic E-state index is 13.8. The zero-order valence-electron chi connectivity index (χ0n) is 14.6. The van der Waals surface area contributed by atoms with Crippen LogP contribution in [0.5, 0.6) is 0 Å². The Morgan fingerprint density at radius 1 is 1.14 bits per heavy atom. The second-order valence-corrected chi connectivity index (χ2v) is 6.54. The molecule has 3 rings (SSSR count). The first-order valence-corrected chi connectivity index (χ1v) is 8.26. The molecule has 0 radical (unpaired) electrons. The van der Waals surface area contributed by atoms with Crippen LogP contribution in [0.15, 0.2) is 42.5 Å². The molecule has 0 spiro atoms. The maximum Gasteiger partial charge on any atom is 0.416 e. The van der Waals surface area contributed by atoms with Crippen molar-refractivity contribution in [3.63, 3.8) is 0 Å². The molecule has 4 nitrogen and oxygen atoms in total. The van der Waals surface area contributed by atoms with Gasteiger partial charge in [0.2, 0.25) is 11.8 Å². The molecule has 2 aromatic rings. The molecule has 2 aromatic carbocycles. The molecule has 0 unspecified atom stereocenters. The van der Waals surface area contributed by atoms with Crippen LogP contribution >= 0.6 is 0 Å². The van der Waals surface area contributed by atoms with Gasteiger partial charge >= 0.3 is 6.18 Å². The summed E-state index contributed by atoms with van der Waals surface area (Å²) in [4.78, 5) is 26.3. The summed E-state index contributed by atoms with van der Waals surface area (Å²) < 4.78 is 65.8. The van der Waals surface area contributed by atoms with E-state index in [0.717, 1.165) is 24.3 Å². The molecular weight excluding hydrogens is 383 g/mol. The van der Waals surface area contributed by atoms with E-state index in [4.69, 9.17) is 0 Å². The summed E-state index contributed by atoms with van der Waals surface area (Å²) in [6, 6.07) is 6.92. The molecule has 1 aliphatic heterocycles. The van der Waals surface area contributed by atoms with E-state index in [1.165, 1.54) is 24.1 Å². The number of anilines is 1. The van der Waals surface area contributed by atoms with Crippen molar-refractivity contribution in [3.8, 4) is 0 Å². The Labute approximate surface area is 156 Å². The summed E-state index contributed by atoms with van der Waals surface area (Å²) >= 11 is 0. The molecule has 0 aliphatic carbocycles. The van der Waals surface area contributed by atoms with E-state index in [1.54, 1.807) is 0 Å². The van der Waals surface area contributed by atoms with Crippen LogP contribution in [0.25, 0.3) is 0 Å². The van der Waals surface area contributed by atoms with Crippen LogP contribution in [0.4, 0.5) is 27.6 Å². The number of likely N-dealkylation sites (tertiary alicyclic amines) is 1. The normalized spacial score (nSPS) is 19.8. The monoisotopic (exact) mass is 398 g/mol. The fourth-order valence-corrected chi connectivity index (χ4v) is 3.24. The van der Waals surface area contributed by atoms with Crippen LogP contribution in [-0.2, 0) is 15.8 Å². The van der Waals surface area contributed by atoms with Crippen LogP contribution in [0.1, 0.15) is 17.0 Å². The molecule has 1 heterocycles. The Hall–Kier alpha value is -2.97. The molecular formula is C19H15F5N2O2. The fraction of sp³-hybridized carbons (Fsp3) is 0.263. The number of likely N-dealkylation sites (N-methyl/N-ethyl adjacent to an activating group) is 1. The van der Waals surface area contributed by atoms with Crippen molar-refractivity contribution < 1.29 is 31.5 Å². The Balaban J connectivity index is 1.91. The van der Waals surface area contributed by atoms with Gasteiger partial charge in [-0.25, -0.2) is 8.78 Å². The lowest BCUT2D eigenvalue weighted by Gasteiger charge is -2.18. The zero-order valence-corrected chi connectivity index (χ0v) is 14.6. The number of benzene rings is 2. The van der Waals surface area contributed by atoms with Gasteiger partial charge in [-0.2, -0.15) is 13.2 Å². The SMILES string of the molecule is CN1C[C@H](c2cccc(C(F)(F)F)c2)[C@@H](C(=O)Nc2ccc(F)cc2F)C1=O. The highest BCUT2D eigenvalue weighted by molar-refractivity contribution is 6.08. The van der Waals surface area contributed by atoms with Crippen molar-refractivity contribution >= 4 is 17.5 Å². The number of amides is 2. The summed E-state index contributed by atoms with van der Waals surface area (Å²) in [6.07, 6.45) is -4.57. The minimum atomic E-state index is -4.57. The Morgan fingerprint density at radius 2 is 1.86 bits per heavy atom. The lowest BCUT2D eigenvalue weighted by Crippen LogP contribution is -2.33.